The summed E-state index contributed by atoms with van der Waals surface area (Å²) in [6, 6.07) is 11.0. The van der Waals surface area contributed by atoms with E-state index < -0.39 is 0 Å². The SMILES string of the molecule is NNC(Cc1ccccc1)C1CCOC2(CCCCC2)C1. The van der Waals surface area contributed by atoms with E-state index in [1.165, 1.54) is 44.1 Å². The zero-order valence-electron chi connectivity index (χ0n) is 12.9. The first-order valence-corrected chi connectivity index (χ1v) is 8.45. The van der Waals surface area contributed by atoms with Gasteiger partial charge in [0.15, 0.2) is 0 Å². The first-order valence-electron chi connectivity index (χ1n) is 8.45. The van der Waals surface area contributed by atoms with Crippen molar-refractivity contribution in [2.24, 2.45) is 11.8 Å². The van der Waals surface area contributed by atoms with Gasteiger partial charge in [-0.3, -0.25) is 11.3 Å². The Labute approximate surface area is 128 Å². The van der Waals surface area contributed by atoms with E-state index in [2.05, 4.69) is 35.8 Å². The molecule has 0 aromatic heterocycles. The summed E-state index contributed by atoms with van der Waals surface area (Å²) < 4.78 is 6.21. The van der Waals surface area contributed by atoms with E-state index in [1.54, 1.807) is 0 Å². The van der Waals surface area contributed by atoms with Gasteiger partial charge in [-0.15, -0.1) is 0 Å². The van der Waals surface area contributed by atoms with E-state index in [0.29, 0.717) is 12.0 Å². The second-order valence-electron chi connectivity index (χ2n) is 6.81. The van der Waals surface area contributed by atoms with Gasteiger partial charge in [-0.05, 0) is 43.6 Å². The summed E-state index contributed by atoms with van der Waals surface area (Å²) in [7, 11) is 0. The van der Waals surface area contributed by atoms with E-state index in [0.717, 1.165) is 19.4 Å². The third-order valence-electron chi connectivity index (χ3n) is 5.38. The van der Waals surface area contributed by atoms with Crippen LogP contribution in [-0.2, 0) is 11.2 Å². The number of hydrazine groups is 1. The van der Waals surface area contributed by atoms with Crippen LogP contribution in [0.15, 0.2) is 30.3 Å². The van der Waals surface area contributed by atoms with Gasteiger partial charge in [-0.1, -0.05) is 49.6 Å². The van der Waals surface area contributed by atoms with E-state index >= 15 is 0 Å². The van der Waals surface area contributed by atoms with Gasteiger partial charge in [0.05, 0.1) is 5.60 Å². The molecule has 1 aromatic rings. The van der Waals surface area contributed by atoms with Crippen LogP contribution in [0, 0.1) is 5.92 Å². The average molecular weight is 288 g/mol. The lowest BCUT2D eigenvalue weighted by molar-refractivity contribution is -0.121. The molecule has 1 spiro atoms. The standard InChI is InChI=1S/C18H28N2O/c19-20-17(13-15-7-3-1-4-8-15)16-9-12-21-18(14-16)10-5-2-6-11-18/h1,3-4,7-8,16-17,20H,2,5-6,9-14,19H2. The van der Waals surface area contributed by atoms with E-state index in [9.17, 15) is 0 Å². The Morgan fingerprint density at radius 1 is 1.19 bits per heavy atom. The first-order chi connectivity index (χ1) is 10.3. The fraction of sp³-hybridized carbons (Fsp3) is 0.667. The van der Waals surface area contributed by atoms with Crippen molar-refractivity contribution in [1.82, 2.24) is 5.43 Å². The van der Waals surface area contributed by atoms with Gasteiger partial charge < -0.3 is 4.74 Å². The molecule has 1 aromatic carbocycles. The maximum absolute atomic E-state index is 6.21. The van der Waals surface area contributed by atoms with E-state index in [-0.39, 0.29) is 5.60 Å². The van der Waals surface area contributed by atoms with Crippen molar-refractivity contribution in [2.45, 2.75) is 63.0 Å². The predicted molar refractivity (Wildman–Crippen MR) is 85.7 cm³/mol. The molecule has 1 saturated carbocycles. The Morgan fingerprint density at radius 3 is 2.67 bits per heavy atom. The lowest BCUT2D eigenvalue weighted by Crippen LogP contribution is -2.50. The van der Waals surface area contributed by atoms with Crippen molar-refractivity contribution in [1.29, 1.82) is 0 Å². The van der Waals surface area contributed by atoms with Crippen molar-refractivity contribution in [3.8, 4) is 0 Å². The molecule has 116 valence electrons. The monoisotopic (exact) mass is 288 g/mol. The summed E-state index contributed by atoms with van der Waals surface area (Å²) in [4.78, 5) is 0. The number of nitrogens with two attached hydrogens (primary N) is 1. The molecule has 1 saturated heterocycles. The van der Waals surface area contributed by atoms with Crippen LogP contribution >= 0.6 is 0 Å². The Kier molecular flexibility index (Phi) is 4.94. The van der Waals surface area contributed by atoms with Gasteiger partial charge in [-0.25, -0.2) is 0 Å². The quantitative estimate of drug-likeness (QED) is 0.661. The Bertz CT molecular complexity index is 423. The molecule has 1 heterocycles. The maximum Gasteiger partial charge on any atom is 0.0685 e. The molecule has 2 atom stereocenters. The van der Waals surface area contributed by atoms with Crippen LogP contribution < -0.4 is 11.3 Å². The molecule has 2 fully saturated rings. The molecule has 3 nitrogen and oxygen atoms in total. The van der Waals surface area contributed by atoms with Crippen LogP contribution in [0.25, 0.3) is 0 Å². The molecule has 21 heavy (non-hydrogen) atoms. The number of rotatable bonds is 4. The summed E-state index contributed by atoms with van der Waals surface area (Å²) in [5, 5.41) is 0. The van der Waals surface area contributed by atoms with Gasteiger partial charge in [0.2, 0.25) is 0 Å². The van der Waals surface area contributed by atoms with Crippen molar-refractivity contribution >= 4 is 0 Å². The van der Waals surface area contributed by atoms with Gasteiger partial charge in [-0.2, -0.15) is 0 Å². The van der Waals surface area contributed by atoms with Crippen LogP contribution in [0.1, 0.15) is 50.5 Å². The highest BCUT2D eigenvalue weighted by Crippen LogP contribution is 2.41. The molecule has 2 aliphatic rings. The fourth-order valence-electron chi connectivity index (χ4n) is 4.18. The summed E-state index contributed by atoms with van der Waals surface area (Å²) >= 11 is 0. The zero-order chi connectivity index (χ0) is 14.5. The van der Waals surface area contributed by atoms with Gasteiger partial charge >= 0.3 is 0 Å². The Hall–Kier alpha value is -0.900. The number of ether oxygens (including phenoxy) is 1. The van der Waals surface area contributed by atoms with Crippen LogP contribution in [0.2, 0.25) is 0 Å². The molecule has 1 aliphatic heterocycles. The minimum atomic E-state index is 0.160. The second kappa shape index (κ2) is 6.91. The summed E-state index contributed by atoms with van der Waals surface area (Å²) in [5.41, 5.74) is 4.61. The normalized spacial score (nSPS) is 26.6. The Balaban J connectivity index is 1.65. The minimum absolute atomic E-state index is 0.160. The third-order valence-corrected chi connectivity index (χ3v) is 5.38. The highest BCUT2D eigenvalue weighted by molar-refractivity contribution is 5.16. The number of nitrogens with one attached hydrogen (secondary N) is 1. The van der Waals surface area contributed by atoms with Crippen molar-refractivity contribution < 1.29 is 4.74 Å². The zero-order valence-corrected chi connectivity index (χ0v) is 12.9. The van der Waals surface area contributed by atoms with Crippen molar-refractivity contribution in [3.63, 3.8) is 0 Å². The van der Waals surface area contributed by atoms with Crippen LogP contribution in [0.3, 0.4) is 0 Å². The van der Waals surface area contributed by atoms with Gasteiger partial charge in [0.25, 0.3) is 0 Å². The summed E-state index contributed by atoms with van der Waals surface area (Å²) in [5.74, 6) is 6.51. The maximum atomic E-state index is 6.21. The molecular weight excluding hydrogens is 260 g/mol. The Morgan fingerprint density at radius 2 is 1.95 bits per heavy atom. The lowest BCUT2D eigenvalue weighted by atomic mass is 9.73. The highest BCUT2D eigenvalue weighted by Gasteiger charge is 2.40. The van der Waals surface area contributed by atoms with E-state index in [1.807, 2.05) is 0 Å². The topological polar surface area (TPSA) is 47.3 Å². The van der Waals surface area contributed by atoms with Crippen molar-refractivity contribution in [2.75, 3.05) is 6.61 Å². The number of benzene rings is 1. The van der Waals surface area contributed by atoms with Crippen LogP contribution in [-0.4, -0.2) is 18.2 Å². The minimum Gasteiger partial charge on any atom is -0.375 e. The predicted octanol–water partition coefficient (Wildman–Crippen LogP) is 3.19. The van der Waals surface area contributed by atoms with Gasteiger partial charge in [0.1, 0.15) is 0 Å². The molecule has 3 N–H and O–H groups in total. The molecule has 0 radical (unpaired) electrons. The number of hydrogen-bond acceptors (Lipinski definition) is 3. The molecule has 0 amide bonds. The van der Waals surface area contributed by atoms with Crippen LogP contribution in [0.5, 0.6) is 0 Å². The van der Waals surface area contributed by atoms with Crippen molar-refractivity contribution in [3.05, 3.63) is 35.9 Å². The number of hydrogen-bond donors (Lipinski definition) is 2. The third kappa shape index (κ3) is 3.65. The first kappa shape index (κ1) is 15.0. The fourth-order valence-corrected chi connectivity index (χ4v) is 4.18. The largest absolute Gasteiger partial charge is 0.375 e. The molecular formula is C18H28N2O. The molecule has 3 rings (SSSR count). The molecule has 1 aliphatic carbocycles. The summed E-state index contributed by atoms with van der Waals surface area (Å²) in [6.45, 7) is 0.900. The lowest BCUT2D eigenvalue weighted by Gasteiger charge is -2.45. The van der Waals surface area contributed by atoms with Gasteiger partial charge in [0, 0.05) is 12.6 Å². The molecule has 2 unspecified atom stereocenters. The van der Waals surface area contributed by atoms with E-state index in [4.69, 9.17) is 10.6 Å². The molecule has 3 heteroatoms. The highest BCUT2D eigenvalue weighted by atomic mass is 16.5. The smallest absolute Gasteiger partial charge is 0.0685 e. The van der Waals surface area contributed by atoms with Crippen LogP contribution in [0.4, 0.5) is 0 Å². The average Bonchev–Trinajstić information content (AvgIpc) is 2.54. The second-order valence-corrected chi connectivity index (χ2v) is 6.81. The molecule has 0 bridgehead atoms. The summed E-state index contributed by atoms with van der Waals surface area (Å²) in [6.07, 6.45) is 9.82.